The zero-order chi connectivity index (χ0) is 22.2. The van der Waals surface area contributed by atoms with Gasteiger partial charge in [-0.25, -0.2) is 0 Å². The van der Waals surface area contributed by atoms with Crippen LogP contribution >= 0.6 is 11.8 Å². The van der Waals surface area contributed by atoms with E-state index in [0.717, 1.165) is 12.0 Å². The third-order valence-corrected chi connectivity index (χ3v) is 5.61. The highest BCUT2D eigenvalue weighted by molar-refractivity contribution is 8.00. The average molecular weight is 436 g/mol. The molecule has 31 heavy (non-hydrogen) atoms. The lowest BCUT2D eigenvalue weighted by atomic mass is 10.1. The quantitative estimate of drug-likeness (QED) is 0.284. The Balaban J connectivity index is 1.73. The van der Waals surface area contributed by atoms with Crippen LogP contribution in [0.3, 0.4) is 0 Å². The molecule has 7 nitrogen and oxygen atoms in total. The highest BCUT2D eigenvalue weighted by atomic mass is 32.2. The number of aromatic nitrogens is 4. The van der Waals surface area contributed by atoms with Gasteiger partial charge in [0, 0.05) is 42.2 Å². The van der Waals surface area contributed by atoms with Crippen LogP contribution in [0.4, 0.5) is 5.69 Å². The standard InChI is InChI=1S/C23H25N5O2S/c1-4-7-20(29)25-19-11-9-17(10-12-19)21(30)16(3)31-23-27-26-22(28(23)14-5-2)18-8-6-13-24-15-18/h5-6,8-13,15-16H,2,4,7,14H2,1,3H3,(H,25,29). The molecule has 1 N–H and O–H groups in total. The van der Waals surface area contributed by atoms with Gasteiger partial charge < -0.3 is 5.32 Å². The van der Waals surface area contributed by atoms with Crippen LogP contribution < -0.4 is 5.32 Å². The number of ketones is 1. The number of thioether (sulfide) groups is 1. The van der Waals surface area contributed by atoms with Gasteiger partial charge in [0.25, 0.3) is 0 Å². The number of amides is 1. The highest BCUT2D eigenvalue weighted by Gasteiger charge is 2.21. The molecular formula is C23H25N5O2S. The Labute approximate surface area is 186 Å². The lowest BCUT2D eigenvalue weighted by Crippen LogP contribution is -2.15. The van der Waals surface area contributed by atoms with Crippen molar-refractivity contribution in [1.29, 1.82) is 0 Å². The molecule has 2 aromatic heterocycles. The first kappa shape index (κ1) is 22.4. The summed E-state index contributed by atoms with van der Waals surface area (Å²) < 4.78 is 1.92. The molecule has 0 aliphatic rings. The van der Waals surface area contributed by atoms with Crippen molar-refractivity contribution in [1.82, 2.24) is 19.7 Å². The molecule has 1 aromatic carbocycles. The van der Waals surface area contributed by atoms with E-state index >= 15 is 0 Å². The van der Waals surface area contributed by atoms with Crippen LogP contribution in [0.5, 0.6) is 0 Å². The second-order valence-electron chi connectivity index (χ2n) is 6.95. The average Bonchev–Trinajstić information content (AvgIpc) is 3.17. The molecule has 3 rings (SSSR count). The van der Waals surface area contributed by atoms with Crippen molar-refractivity contribution in [3.05, 3.63) is 67.0 Å². The third-order valence-electron chi connectivity index (χ3n) is 4.53. The largest absolute Gasteiger partial charge is 0.326 e. The summed E-state index contributed by atoms with van der Waals surface area (Å²) in [5, 5.41) is 11.7. The van der Waals surface area contributed by atoms with Crippen LogP contribution in [0.2, 0.25) is 0 Å². The molecule has 0 bridgehead atoms. The number of carbonyl (C=O) groups excluding carboxylic acids is 2. The van der Waals surface area contributed by atoms with Crippen LogP contribution in [0, 0.1) is 0 Å². The molecular weight excluding hydrogens is 410 g/mol. The van der Waals surface area contributed by atoms with Crippen LogP contribution in [0.15, 0.2) is 66.6 Å². The summed E-state index contributed by atoms with van der Waals surface area (Å²) in [4.78, 5) is 28.8. The van der Waals surface area contributed by atoms with Crippen molar-refractivity contribution >= 4 is 29.1 Å². The second kappa shape index (κ2) is 10.7. The Morgan fingerprint density at radius 3 is 2.65 bits per heavy atom. The van der Waals surface area contributed by atoms with E-state index in [1.807, 2.05) is 30.5 Å². The van der Waals surface area contributed by atoms with E-state index in [4.69, 9.17) is 0 Å². The first-order valence-electron chi connectivity index (χ1n) is 10.1. The molecule has 1 amide bonds. The first-order valence-corrected chi connectivity index (χ1v) is 11.0. The summed E-state index contributed by atoms with van der Waals surface area (Å²) in [6.45, 7) is 8.14. The number of nitrogens with zero attached hydrogens (tertiary/aromatic N) is 4. The van der Waals surface area contributed by atoms with Crippen molar-refractivity contribution in [3.63, 3.8) is 0 Å². The minimum Gasteiger partial charge on any atom is -0.326 e. The molecule has 0 radical (unpaired) electrons. The Kier molecular flexibility index (Phi) is 7.72. The number of Topliss-reactive ketones (excluding diaryl/α,β-unsaturated/α-hetero) is 1. The number of pyridine rings is 1. The molecule has 0 saturated carbocycles. The Morgan fingerprint density at radius 2 is 2.00 bits per heavy atom. The fourth-order valence-electron chi connectivity index (χ4n) is 2.99. The normalized spacial score (nSPS) is 11.7. The zero-order valence-corrected chi connectivity index (χ0v) is 18.4. The lowest BCUT2D eigenvalue weighted by Gasteiger charge is -2.12. The zero-order valence-electron chi connectivity index (χ0n) is 17.6. The van der Waals surface area contributed by atoms with Gasteiger partial charge in [-0.05, 0) is 49.7 Å². The fraction of sp³-hybridized carbons (Fsp3) is 0.261. The summed E-state index contributed by atoms with van der Waals surface area (Å²) >= 11 is 1.35. The van der Waals surface area contributed by atoms with Crippen LogP contribution in [0.25, 0.3) is 11.4 Å². The Hall–Kier alpha value is -3.26. The minimum atomic E-state index is -0.366. The molecule has 3 aromatic rings. The van der Waals surface area contributed by atoms with Crippen LogP contribution in [0.1, 0.15) is 37.0 Å². The number of hydrogen-bond donors (Lipinski definition) is 1. The van der Waals surface area contributed by atoms with Gasteiger partial charge in [0.15, 0.2) is 16.8 Å². The maximum atomic E-state index is 12.9. The Bertz CT molecular complexity index is 1050. The van der Waals surface area contributed by atoms with Gasteiger partial charge in [0.2, 0.25) is 5.91 Å². The van der Waals surface area contributed by atoms with Crippen molar-refractivity contribution < 1.29 is 9.59 Å². The van der Waals surface area contributed by atoms with Crippen molar-refractivity contribution in [3.8, 4) is 11.4 Å². The number of allylic oxidation sites excluding steroid dienone is 1. The number of carbonyl (C=O) groups is 2. The van der Waals surface area contributed by atoms with Crippen molar-refractivity contribution in [2.24, 2.45) is 0 Å². The van der Waals surface area contributed by atoms with Gasteiger partial charge in [-0.15, -0.1) is 16.8 Å². The maximum absolute atomic E-state index is 12.9. The summed E-state index contributed by atoms with van der Waals surface area (Å²) in [6.07, 6.45) is 6.46. The Morgan fingerprint density at radius 1 is 1.23 bits per heavy atom. The molecule has 0 spiro atoms. The van der Waals surface area contributed by atoms with Gasteiger partial charge in [0.05, 0.1) is 5.25 Å². The van der Waals surface area contributed by atoms with Gasteiger partial charge in [0.1, 0.15) is 0 Å². The smallest absolute Gasteiger partial charge is 0.224 e. The summed E-state index contributed by atoms with van der Waals surface area (Å²) in [7, 11) is 0. The molecule has 0 fully saturated rings. The molecule has 8 heteroatoms. The predicted octanol–water partition coefficient (Wildman–Crippen LogP) is 4.63. The number of hydrogen-bond acceptors (Lipinski definition) is 6. The second-order valence-corrected chi connectivity index (χ2v) is 8.25. The summed E-state index contributed by atoms with van der Waals surface area (Å²) in [5.74, 6) is 0.631. The molecule has 1 atom stereocenters. The minimum absolute atomic E-state index is 0.0208. The van der Waals surface area contributed by atoms with E-state index in [1.54, 1.807) is 42.7 Å². The molecule has 2 heterocycles. The van der Waals surface area contributed by atoms with E-state index in [0.29, 0.717) is 35.2 Å². The predicted molar refractivity (Wildman–Crippen MR) is 123 cm³/mol. The van der Waals surface area contributed by atoms with Gasteiger partial charge in [-0.1, -0.05) is 24.8 Å². The molecule has 0 aliphatic heterocycles. The number of nitrogens with one attached hydrogen (secondary N) is 1. The van der Waals surface area contributed by atoms with E-state index in [-0.39, 0.29) is 16.9 Å². The molecule has 0 aliphatic carbocycles. The van der Waals surface area contributed by atoms with Gasteiger partial charge >= 0.3 is 0 Å². The van der Waals surface area contributed by atoms with Crippen molar-refractivity contribution in [2.75, 3.05) is 5.32 Å². The molecule has 160 valence electrons. The number of rotatable bonds is 10. The number of benzene rings is 1. The van der Waals surface area contributed by atoms with E-state index in [1.165, 1.54) is 11.8 Å². The number of anilines is 1. The van der Waals surface area contributed by atoms with Gasteiger partial charge in [-0.3, -0.25) is 19.1 Å². The first-order chi connectivity index (χ1) is 15.0. The van der Waals surface area contributed by atoms with E-state index in [2.05, 4.69) is 27.1 Å². The molecule has 0 saturated heterocycles. The van der Waals surface area contributed by atoms with Gasteiger partial charge in [-0.2, -0.15) is 0 Å². The highest BCUT2D eigenvalue weighted by Crippen LogP contribution is 2.28. The van der Waals surface area contributed by atoms with Crippen molar-refractivity contribution in [2.45, 2.75) is 43.6 Å². The third kappa shape index (κ3) is 5.67. The van der Waals surface area contributed by atoms with Crippen LogP contribution in [-0.2, 0) is 11.3 Å². The lowest BCUT2D eigenvalue weighted by molar-refractivity contribution is -0.116. The van der Waals surface area contributed by atoms with Crippen LogP contribution in [-0.4, -0.2) is 36.7 Å². The SMILES string of the molecule is C=CCn1c(SC(C)C(=O)c2ccc(NC(=O)CCC)cc2)nnc1-c1cccnc1. The summed E-state index contributed by atoms with van der Waals surface area (Å²) in [6, 6.07) is 10.7. The summed E-state index contributed by atoms with van der Waals surface area (Å²) in [5.41, 5.74) is 2.11. The monoisotopic (exact) mass is 435 g/mol. The van der Waals surface area contributed by atoms with E-state index in [9.17, 15) is 9.59 Å². The fourth-order valence-corrected chi connectivity index (χ4v) is 3.93. The topological polar surface area (TPSA) is 89.8 Å². The molecule has 1 unspecified atom stereocenters. The maximum Gasteiger partial charge on any atom is 0.224 e. The van der Waals surface area contributed by atoms with E-state index < -0.39 is 0 Å².